The highest BCUT2D eigenvalue weighted by atomic mass is 19.1. The molecule has 0 saturated carbocycles. The van der Waals surface area contributed by atoms with Crippen molar-refractivity contribution >= 4 is 11.7 Å². The molecule has 1 aromatic heterocycles. The second-order valence-electron chi connectivity index (χ2n) is 6.94. The van der Waals surface area contributed by atoms with Gasteiger partial charge in [0, 0.05) is 31.6 Å². The van der Waals surface area contributed by atoms with Gasteiger partial charge in [0.25, 0.3) is 5.91 Å². The molecule has 0 aliphatic carbocycles. The lowest BCUT2D eigenvalue weighted by atomic mass is 9.88. The van der Waals surface area contributed by atoms with Crippen molar-refractivity contribution < 1.29 is 23.2 Å². The summed E-state index contributed by atoms with van der Waals surface area (Å²) in [6.07, 6.45) is 0. The van der Waals surface area contributed by atoms with Gasteiger partial charge in [0.15, 0.2) is 23.1 Å². The summed E-state index contributed by atoms with van der Waals surface area (Å²) in [4.78, 5) is 14.5. The number of carbonyl (C=O) groups is 1. The van der Waals surface area contributed by atoms with E-state index in [1.54, 1.807) is 19.0 Å². The molecule has 0 unspecified atom stereocenters. The van der Waals surface area contributed by atoms with Crippen molar-refractivity contribution in [2.24, 2.45) is 5.41 Å². The minimum absolute atomic E-state index is 0.0651. The summed E-state index contributed by atoms with van der Waals surface area (Å²) in [7, 11) is 4.91. The summed E-state index contributed by atoms with van der Waals surface area (Å²) in [5.41, 5.74) is 0.740. The Labute approximate surface area is 151 Å². The molecule has 1 amide bonds. The molecule has 8 heteroatoms. The van der Waals surface area contributed by atoms with Crippen LogP contribution in [-0.2, 0) is 4.74 Å². The maximum absolute atomic E-state index is 13.7. The van der Waals surface area contributed by atoms with Gasteiger partial charge >= 0.3 is 0 Å². The van der Waals surface area contributed by atoms with E-state index in [9.17, 15) is 9.18 Å². The monoisotopic (exact) mass is 363 g/mol. The van der Waals surface area contributed by atoms with Crippen molar-refractivity contribution in [3.63, 3.8) is 0 Å². The predicted octanol–water partition coefficient (Wildman–Crippen LogP) is 2.32. The maximum Gasteiger partial charge on any atom is 0.259 e. The Morgan fingerprint density at radius 1 is 1.42 bits per heavy atom. The molecule has 1 fully saturated rings. The lowest BCUT2D eigenvalue weighted by Gasteiger charge is -2.38. The number of carbonyl (C=O) groups excluding carboxylic acids is 1. The topological polar surface area (TPSA) is 76.8 Å². The number of halogens is 1. The molecule has 0 radical (unpaired) electrons. The standard InChI is InChI=1S/C18H22FN3O4/c1-18(9-25-10-18)8-20-17(23)14-15(26-21-16(14)22(2)3)11-5-6-12(19)13(7-11)24-4/h5-7H,8-10H2,1-4H3,(H,20,23). The fraction of sp³-hybridized carbons (Fsp3) is 0.444. The number of aromatic nitrogens is 1. The normalized spacial score (nSPS) is 15.3. The number of anilines is 1. The molecule has 7 nitrogen and oxygen atoms in total. The van der Waals surface area contributed by atoms with E-state index in [1.807, 2.05) is 6.92 Å². The first kappa shape index (κ1) is 18.2. The molecule has 2 aromatic rings. The van der Waals surface area contributed by atoms with E-state index in [0.717, 1.165) is 0 Å². The molecule has 1 aromatic carbocycles. The number of hydrogen-bond donors (Lipinski definition) is 1. The molecular formula is C18H22FN3O4. The largest absolute Gasteiger partial charge is 0.494 e. The van der Waals surface area contributed by atoms with Gasteiger partial charge in [-0.1, -0.05) is 12.1 Å². The van der Waals surface area contributed by atoms with E-state index in [0.29, 0.717) is 36.7 Å². The van der Waals surface area contributed by atoms with Gasteiger partial charge in [0.1, 0.15) is 5.56 Å². The lowest BCUT2D eigenvalue weighted by Crippen LogP contribution is -2.48. The summed E-state index contributed by atoms with van der Waals surface area (Å²) in [6.45, 7) is 3.75. The smallest absolute Gasteiger partial charge is 0.259 e. The van der Waals surface area contributed by atoms with Gasteiger partial charge in [0.05, 0.1) is 20.3 Å². The number of ether oxygens (including phenoxy) is 2. The molecule has 140 valence electrons. The second kappa shape index (κ2) is 6.95. The van der Waals surface area contributed by atoms with Crippen molar-refractivity contribution in [3.8, 4) is 17.1 Å². The average Bonchev–Trinajstić information content (AvgIpc) is 3.03. The van der Waals surface area contributed by atoms with Crippen molar-refractivity contribution in [1.82, 2.24) is 10.5 Å². The number of benzene rings is 1. The summed E-state index contributed by atoms with van der Waals surface area (Å²) in [5, 5.41) is 6.92. The summed E-state index contributed by atoms with van der Waals surface area (Å²) in [5.74, 6) is -0.0695. The number of amides is 1. The van der Waals surface area contributed by atoms with Crippen LogP contribution < -0.4 is 15.0 Å². The number of hydrogen-bond acceptors (Lipinski definition) is 6. The average molecular weight is 363 g/mol. The van der Waals surface area contributed by atoms with E-state index in [2.05, 4.69) is 10.5 Å². The highest BCUT2D eigenvalue weighted by Gasteiger charge is 2.35. The molecule has 1 aliphatic rings. The molecular weight excluding hydrogens is 341 g/mol. The Bertz CT molecular complexity index is 815. The Balaban J connectivity index is 1.95. The lowest BCUT2D eigenvalue weighted by molar-refractivity contribution is -0.0978. The molecule has 1 N–H and O–H groups in total. The Morgan fingerprint density at radius 2 is 2.15 bits per heavy atom. The van der Waals surface area contributed by atoms with Crippen LogP contribution in [0, 0.1) is 11.2 Å². The summed E-state index contributed by atoms with van der Waals surface area (Å²) in [6, 6.07) is 4.27. The zero-order valence-corrected chi connectivity index (χ0v) is 15.3. The zero-order valence-electron chi connectivity index (χ0n) is 15.3. The summed E-state index contributed by atoms with van der Waals surface area (Å²) < 4.78 is 29.4. The first-order valence-corrected chi connectivity index (χ1v) is 8.21. The fourth-order valence-electron chi connectivity index (χ4n) is 2.72. The van der Waals surface area contributed by atoms with Crippen LogP contribution in [-0.4, -0.2) is 52.0 Å². The Hall–Kier alpha value is -2.61. The van der Waals surface area contributed by atoms with Crippen molar-refractivity contribution in [1.29, 1.82) is 0 Å². The van der Waals surface area contributed by atoms with Crippen LogP contribution in [0.1, 0.15) is 17.3 Å². The van der Waals surface area contributed by atoms with Crippen LogP contribution in [0.15, 0.2) is 22.7 Å². The Kier molecular flexibility index (Phi) is 4.86. The van der Waals surface area contributed by atoms with Crippen LogP contribution in [0.2, 0.25) is 0 Å². The fourth-order valence-corrected chi connectivity index (χ4v) is 2.72. The van der Waals surface area contributed by atoms with Gasteiger partial charge in [-0.2, -0.15) is 0 Å². The van der Waals surface area contributed by atoms with Crippen LogP contribution in [0.4, 0.5) is 10.2 Å². The first-order valence-electron chi connectivity index (χ1n) is 8.21. The van der Waals surface area contributed by atoms with Crippen molar-refractivity contribution in [3.05, 3.63) is 29.6 Å². The molecule has 3 rings (SSSR count). The third-order valence-corrected chi connectivity index (χ3v) is 4.31. The molecule has 0 spiro atoms. The summed E-state index contributed by atoms with van der Waals surface area (Å²) >= 11 is 0. The number of nitrogens with zero attached hydrogens (tertiary/aromatic N) is 2. The zero-order chi connectivity index (χ0) is 18.9. The van der Waals surface area contributed by atoms with Gasteiger partial charge in [-0.3, -0.25) is 4.79 Å². The predicted molar refractivity (Wildman–Crippen MR) is 94.0 cm³/mol. The van der Waals surface area contributed by atoms with Gasteiger partial charge < -0.3 is 24.2 Å². The van der Waals surface area contributed by atoms with E-state index in [1.165, 1.54) is 25.3 Å². The minimum atomic E-state index is -0.493. The van der Waals surface area contributed by atoms with Crippen LogP contribution >= 0.6 is 0 Å². The molecule has 0 bridgehead atoms. The second-order valence-corrected chi connectivity index (χ2v) is 6.94. The number of rotatable bonds is 6. The highest BCUT2D eigenvalue weighted by molar-refractivity contribution is 6.04. The Morgan fingerprint density at radius 3 is 2.73 bits per heavy atom. The van der Waals surface area contributed by atoms with Crippen molar-refractivity contribution in [2.45, 2.75) is 6.92 Å². The number of nitrogens with one attached hydrogen (secondary N) is 1. The SMILES string of the molecule is COc1cc(-c2onc(N(C)C)c2C(=O)NCC2(C)COC2)ccc1F. The van der Waals surface area contributed by atoms with Gasteiger partial charge in [-0.25, -0.2) is 4.39 Å². The number of methoxy groups -OCH3 is 1. The molecule has 26 heavy (non-hydrogen) atoms. The minimum Gasteiger partial charge on any atom is -0.494 e. The van der Waals surface area contributed by atoms with Gasteiger partial charge in [-0.05, 0) is 18.2 Å². The molecule has 1 aliphatic heterocycles. The van der Waals surface area contributed by atoms with Crippen LogP contribution in [0.25, 0.3) is 11.3 Å². The van der Waals surface area contributed by atoms with Crippen LogP contribution in [0.3, 0.4) is 0 Å². The molecule has 1 saturated heterocycles. The third-order valence-electron chi connectivity index (χ3n) is 4.31. The van der Waals surface area contributed by atoms with E-state index in [4.69, 9.17) is 14.0 Å². The quantitative estimate of drug-likeness (QED) is 0.849. The molecule has 0 atom stereocenters. The van der Waals surface area contributed by atoms with Gasteiger partial charge in [0.2, 0.25) is 0 Å². The van der Waals surface area contributed by atoms with E-state index >= 15 is 0 Å². The van der Waals surface area contributed by atoms with E-state index in [-0.39, 0.29) is 22.8 Å². The third kappa shape index (κ3) is 3.37. The van der Waals surface area contributed by atoms with Crippen molar-refractivity contribution in [2.75, 3.05) is 45.9 Å². The van der Waals surface area contributed by atoms with Crippen LogP contribution in [0.5, 0.6) is 5.75 Å². The highest BCUT2D eigenvalue weighted by Crippen LogP contribution is 2.33. The molecule has 2 heterocycles. The first-order chi connectivity index (χ1) is 12.3. The van der Waals surface area contributed by atoms with Gasteiger partial charge in [-0.15, -0.1) is 0 Å². The maximum atomic E-state index is 13.7. The van der Waals surface area contributed by atoms with E-state index < -0.39 is 5.82 Å².